The Balaban J connectivity index is 1.81. The predicted molar refractivity (Wildman–Crippen MR) is 74.7 cm³/mol. The van der Waals surface area contributed by atoms with Gasteiger partial charge in [-0.2, -0.15) is 0 Å². The van der Waals surface area contributed by atoms with E-state index in [0.29, 0.717) is 18.2 Å². The van der Waals surface area contributed by atoms with Gasteiger partial charge in [-0.1, -0.05) is 6.07 Å². The van der Waals surface area contributed by atoms with Crippen molar-refractivity contribution in [1.29, 1.82) is 0 Å². The topological polar surface area (TPSA) is 61.6 Å². The summed E-state index contributed by atoms with van der Waals surface area (Å²) in [6.07, 6.45) is 2.33. The van der Waals surface area contributed by atoms with Crippen LogP contribution in [0.2, 0.25) is 0 Å². The lowest BCUT2D eigenvalue weighted by Crippen LogP contribution is -2.52. The first-order valence-corrected chi connectivity index (χ1v) is 6.99. The van der Waals surface area contributed by atoms with E-state index in [0.717, 1.165) is 26.1 Å². The maximum atomic E-state index is 13.7. The molecule has 0 radical (unpaired) electrons. The summed E-state index contributed by atoms with van der Waals surface area (Å²) in [5.74, 6) is 4.68. The average molecular weight is 278 g/mol. The van der Waals surface area contributed by atoms with E-state index in [2.05, 4.69) is 10.3 Å². The number of rotatable bonds is 2. The Hall–Kier alpha value is -1.66. The minimum absolute atomic E-state index is 0.0753. The number of carbonyl (C=O) groups is 1. The smallest absolute Gasteiger partial charge is 0.256 e. The third kappa shape index (κ3) is 2.25. The third-order valence-corrected chi connectivity index (χ3v) is 4.26. The van der Waals surface area contributed by atoms with Crippen LogP contribution >= 0.6 is 0 Å². The fraction of sp³-hybridized carbons (Fsp3) is 0.500. The highest BCUT2D eigenvalue weighted by Gasteiger charge is 2.33. The van der Waals surface area contributed by atoms with Crippen molar-refractivity contribution in [2.24, 2.45) is 5.84 Å². The highest BCUT2D eigenvalue weighted by atomic mass is 19.1. The zero-order chi connectivity index (χ0) is 14.1. The van der Waals surface area contributed by atoms with Gasteiger partial charge in [0.05, 0.1) is 11.3 Å². The summed E-state index contributed by atoms with van der Waals surface area (Å²) in [6, 6.07) is 4.90. The van der Waals surface area contributed by atoms with Gasteiger partial charge in [0.2, 0.25) is 0 Å². The van der Waals surface area contributed by atoms with Gasteiger partial charge in [-0.05, 0) is 31.5 Å². The number of halogens is 1. The normalized spacial score (nSPS) is 22.7. The molecule has 5 nitrogen and oxygen atoms in total. The minimum Gasteiger partial charge on any atom is -0.336 e. The van der Waals surface area contributed by atoms with Crippen LogP contribution in [0.3, 0.4) is 0 Å². The molecule has 0 saturated carbocycles. The summed E-state index contributed by atoms with van der Waals surface area (Å²) in [5.41, 5.74) is 2.68. The van der Waals surface area contributed by atoms with E-state index in [-0.39, 0.29) is 11.6 Å². The molecule has 3 N–H and O–H groups in total. The molecule has 108 valence electrons. The van der Waals surface area contributed by atoms with E-state index in [1.807, 2.05) is 4.90 Å². The number of nitrogens with one attached hydrogen (secondary N) is 1. The molecule has 1 aromatic carbocycles. The number of para-hydroxylation sites is 1. The van der Waals surface area contributed by atoms with Crippen LogP contribution in [0.25, 0.3) is 0 Å². The molecule has 1 unspecified atom stereocenters. The van der Waals surface area contributed by atoms with Crippen LogP contribution in [0.1, 0.15) is 23.2 Å². The van der Waals surface area contributed by atoms with Gasteiger partial charge < -0.3 is 10.3 Å². The third-order valence-electron chi connectivity index (χ3n) is 4.26. The molecule has 0 aliphatic carbocycles. The fourth-order valence-electron chi connectivity index (χ4n) is 3.19. The Labute approximate surface area is 117 Å². The number of nitrogens with zero attached hydrogens (tertiary/aromatic N) is 2. The van der Waals surface area contributed by atoms with Crippen LogP contribution in [-0.2, 0) is 0 Å². The summed E-state index contributed by atoms with van der Waals surface area (Å²) in [6.45, 7) is 3.44. The van der Waals surface area contributed by atoms with Crippen LogP contribution < -0.4 is 11.3 Å². The Kier molecular flexibility index (Phi) is 3.58. The van der Waals surface area contributed by atoms with Crippen LogP contribution in [0.15, 0.2) is 18.2 Å². The predicted octanol–water partition coefficient (Wildman–Crippen LogP) is 1.03. The second kappa shape index (κ2) is 5.38. The molecule has 1 aromatic rings. The monoisotopic (exact) mass is 278 g/mol. The summed E-state index contributed by atoms with van der Waals surface area (Å²) in [5, 5.41) is 0. The standard InChI is InChI=1S/C14H19FN4O/c15-12-5-1-4-11(13(12)17-16)14(20)19-8-7-18-6-2-3-10(18)9-19/h1,4-5,10,17H,2-3,6-9,16H2. The highest BCUT2D eigenvalue weighted by Crippen LogP contribution is 2.25. The van der Waals surface area contributed by atoms with Crippen molar-refractivity contribution >= 4 is 11.6 Å². The SMILES string of the molecule is NNc1c(F)cccc1C(=O)N1CCN2CCCC2C1. The number of amides is 1. The number of benzene rings is 1. The van der Waals surface area contributed by atoms with Crippen LogP contribution in [-0.4, -0.2) is 47.9 Å². The number of hydrogen-bond donors (Lipinski definition) is 2. The van der Waals surface area contributed by atoms with E-state index in [4.69, 9.17) is 5.84 Å². The van der Waals surface area contributed by atoms with Gasteiger partial charge in [-0.25, -0.2) is 4.39 Å². The van der Waals surface area contributed by atoms with Crippen molar-refractivity contribution in [3.63, 3.8) is 0 Å². The maximum absolute atomic E-state index is 13.7. The molecule has 0 bridgehead atoms. The number of piperazine rings is 1. The summed E-state index contributed by atoms with van der Waals surface area (Å²) < 4.78 is 13.7. The van der Waals surface area contributed by atoms with E-state index >= 15 is 0 Å². The molecule has 1 amide bonds. The van der Waals surface area contributed by atoms with E-state index in [1.54, 1.807) is 6.07 Å². The molecule has 20 heavy (non-hydrogen) atoms. The number of nitrogen functional groups attached to an aromatic ring is 1. The first kappa shape index (κ1) is 13.3. The van der Waals surface area contributed by atoms with Gasteiger partial charge in [0, 0.05) is 25.7 Å². The van der Waals surface area contributed by atoms with Crippen LogP contribution in [0.4, 0.5) is 10.1 Å². The fourth-order valence-corrected chi connectivity index (χ4v) is 3.19. The van der Waals surface area contributed by atoms with Gasteiger partial charge >= 0.3 is 0 Å². The van der Waals surface area contributed by atoms with Gasteiger partial charge in [-0.15, -0.1) is 0 Å². The van der Waals surface area contributed by atoms with Crippen molar-refractivity contribution in [1.82, 2.24) is 9.80 Å². The molecule has 6 heteroatoms. The van der Waals surface area contributed by atoms with Crippen molar-refractivity contribution in [2.45, 2.75) is 18.9 Å². The number of nitrogens with two attached hydrogens (primary N) is 1. The van der Waals surface area contributed by atoms with Crippen molar-refractivity contribution in [3.8, 4) is 0 Å². The number of carbonyl (C=O) groups excluding carboxylic acids is 1. The Morgan fingerprint density at radius 2 is 2.20 bits per heavy atom. The number of fused-ring (bicyclic) bond motifs is 1. The highest BCUT2D eigenvalue weighted by molar-refractivity contribution is 5.99. The minimum atomic E-state index is -0.502. The van der Waals surface area contributed by atoms with Crippen molar-refractivity contribution < 1.29 is 9.18 Å². The van der Waals surface area contributed by atoms with E-state index in [1.165, 1.54) is 18.6 Å². The summed E-state index contributed by atoms with van der Waals surface area (Å²) >= 11 is 0. The van der Waals surface area contributed by atoms with Gasteiger partial charge in [0.15, 0.2) is 0 Å². The molecular formula is C14H19FN4O. The zero-order valence-corrected chi connectivity index (χ0v) is 11.3. The zero-order valence-electron chi connectivity index (χ0n) is 11.3. The summed E-state index contributed by atoms with van der Waals surface area (Å²) in [7, 11) is 0. The molecule has 2 saturated heterocycles. The first-order chi connectivity index (χ1) is 9.70. The number of hydrogen-bond acceptors (Lipinski definition) is 4. The quantitative estimate of drug-likeness (QED) is 0.626. The number of anilines is 1. The van der Waals surface area contributed by atoms with E-state index in [9.17, 15) is 9.18 Å². The van der Waals surface area contributed by atoms with Crippen LogP contribution in [0.5, 0.6) is 0 Å². The molecule has 2 fully saturated rings. The maximum Gasteiger partial charge on any atom is 0.256 e. The van der Waals surface area contributed by atoms with Gasteiger partial charge in [-0.3, -0.25) is 15.5 Å². The Bertz CT molecular complexity index is 522. The Morgan fingerprint density at radius 1 is 1.35 bits per heavy atom. The second-order valence-electron chi connectivity index (χ2n) is 5.39. The molecule has 1 atom stereocenters. The molecule has 3 rings (SSSR count). The first-order valence-electron chi connectivity index (χ1n) is 6.99. The second-order valence-corrected chi connectivity index (χ2v) is 5.39. The molecule has 2 heterocycles. The van der Waals surface area contributed by atoms with E-state index < -0.39 is 5.82 Å². The molecule has 2 aliphatic heterocycles. The summed E-state index contributed by atoms with van der Waals surface area (Å²) in [4.78, 5) is 16.8. The van der Waals surface area contributed by atoms with Gasteiger partial charge in [0.1, 0.15) is 5.82 Å². The van der Waals surface area contributed by atoms with Crippen LogP contribution in [0, 0.1) is 5.82 Å². The lowest BCUT2D eigenvalue weighted by Gasteiger charge is -2.37. The number of hydrazine groups is 1. The molecule has 2 aliphatic rings. The lowest BCUT2D eigenvalue weighted by atomic mass is 10.1. The molecule has 0 spiro atoms. The van der Waals surface area contributed by atoms with Crippen molar-refractivity contribution in [2.75, 3.05) is 31.6 Å². The lowest BCUT2D eigenvalue weighted by molar-refractivity contribution is 0.0572. The van der Waals surface area contributed by atoms with Crippen molar-refractivity contribution in [3.05, 3.63) is 29.6 Å². The average Bonchev–Trinajstić information content (AvgIpc) is 2.93. The molecular weight excluding hydrogens is 259 g/mol. The van der Waals surface area contributed by atoms with Gasteiger partial charge in [0.25, 0.3) is 5.91 Å². The largest absolute Gasteiger partial charge is 0.336 e. The Morgan fingerprint density at radius 3 is 3.00 bits per heavy atom. The molecule has 0 aromatic heterocycles.